The van der Waals surface area contributed by atoms with Crippen molar-refractivity contribution in [1.29, 1.82) is 0 Å². The van der Waals surface area contributed by atoms with E-state index in [1.165, 1.54) is 6.20 Å². The summed E-state index contributed by atoms with van der Waals surface area (Å²) in [6.07, 6.45) is 7.39. The number of nitrogens with zero attached hydrogens (tertiary/aromatic N) is 2. The lowest BCUT2D eigenvalue weighted by molar-refractivity contribution is 0.112. The van der Waals surface area contributed by atoms with Gasteiger partial charge in [-0.05, 0) is 6.07 Å². The molecule has 0 N–H and O–H groups in total. The van der Waals surface area contributed by atoms with E-state index in [0.717, 1.165) is 17.1 Å². The quantitative estimate of drug-likeness (QED) is 0.590. The van der Waals surface area contributed by atoms with Crippen molar-refractivity contribution < 1.29 is 4.79 Å². The molecule has 12 heavy (non-hydrogen) atoms. The molecule has 0 atom stereocenters. The summed E-state index contributed by atoms with van der Waals surface area (Å²) in [5.41, 5.74) is 0.584. The van der Waals surface area contributed by atoms with E-state index in [4.69, 9.17) is 0 Å². The smallest absolute Gasteiger partial charge is 0.152 e. The molecule has 0 bridgehead atoms. The molecule has 0 unspecified atom stereocenters. The zero-order valence-corrected chi connectivity index (χ0v) is 6.27. The second-order valence-electron chi connectivity index (χ2n) is 2.44. The number of aldehydes is 1. The van der Waals surface area contributed by atoms with Gasteiger partial charge in [0.15, 0.2) is 6.29 Å². The van der Waals surface area contributed by atoms with E-state index in [-0.39, 0.29) is 0 Å². The molecule has 0 aromatic carbocycles. The number of fused-ring (bicyclic) bond motifs is 1. The van der Waals surface area contributed by atoms with Crippen molar-refractivity contribution in [3.63, 3.8) is 0 Å². The van der Waals surface area contributed by atoms with E-state index in [2.05, 4.69) is 9.97 Å². The highest BCUT2D eigenvalue weighted by Crippen LogP contribution is 2.13. The average molecular weight is 158 g/mol. The Hall–Kier alpha value is -1.77. The van der Waals surface area contributed by atoms with Gasteiger partial charge >= 0.3 is 0 Å². The van der Waals surface area contributed by atoms with E-state index >= 15 is 0 Å². The zero-order valence-electron chi connectivity index (χ0n) is 6.27. The van der Waals surface area contributed by atoms with Crippen LogP contribution in [-0.2, 0) is 0 Å². The number of carbonyl (C=O) groups is 1. The van der Waals surface area contributed by atoms with Crippen LogP contribution in [0.3, 0.4) is 0 Å². The molecule has 2 aromatic heterocycles. The first-order chi connectivity index (χ1) is 5.92. The molecule has 2 rings (SSSR count). The number of rotatable bonds is 1. The average Bonchev–Trinajstić information content (AvgIpc) is 2.17. The van der Waals surface area contributed by atoms with Crippen molar-refractivity contribution in [3.05, 3.63) is 36.4 Å². The van der Waals surface area contributed by atoms with Gasteiger partial charge < -0.3 is 0 Å². The lowest BCUT2D eigenvalue weighted by Crippen LogP contribution is -1.85. The summed E-state index contributed by atoms with van der Waals surface area (Å²) in [5.74, 6) is 0. The molecule has 0 saturated heterocycles. The van der Waals surface area contributed by atoms with Crippen molar-refractivity contribution in [2.45, 2.75) is 0 Å². The van der Waals surface area contributed by atoms with Crippen LogP contribution in [0.25, 0.3) is 10.8 Å². The molecule has 58 valence electrons. The van der Waals surface area contributed by atoms with Crippen molar-refractivity contribution in [1.82, 2.24) is 9.97 Å². The summed E-state index contributed by atoms with van der Waals surface area (Å²) in [4.78, 5) is 18.4. The summed E-state index contributed by atoms with van der Waals surface area (Å²) in [7, 11) is 0. The van der Waals surface area contributed by atoms with Gasteiger partial charge in [-0.1, -0.05) is 0 Å². The van der Waals surface area contributed by atoms with Crippen LogP contribution in [0.1, 0.15) is 10.4 Å². The standard InChI is InChI=1S/C9H6N2O/c12-6-8-4-11-3-7-1-2-10-5-9(7)8/h1-6H. The minimum Gasteiger partial charge on any atom is -0.298 e. The van der Waals surface area contributed by atoms with Crippen molar-refractivity contribution in [3.8, 4) is 0 Å². The van der Waals surface area contributed by atoms with Gasteiger partial charge in [-0.2, -0.15) is 0 Å². The van der Waals surface area contributed by atoms with E-state index in [9.17, 15) is 4.79 Å². The van der Waals surface area contributed by atoms with Crippen LogP contribution in [0.15, 0.2) is 30.9 Å². The Morgan fingerprint density at radius 3 is 2.92 bits per heavy atom. The largest absolute Gasteiger partial charge is 0.298 e. The van der Waals surface area contributed by atoms with Gasteiger partial charge in [-0.15, -0.1) is 0 Å². The molecular weight excluding hydrogens is 152 g/mol. The Morgan fingerprint density at radius 1 is 1.17 bits per heavy atom. The maximum Gasteiger partial charge on any atom is 0.152 e. The molecule has 2 aromatic rings. The number of carbonyl (C=O) groups excluding carboxylic acids is 1. The Balaban J connectivity index is 2.88. The molecular formula is C9H6N2O. The van der Waals surface area contributed by atoms with Crippen molar-refractivity contribution in [2.24, 2.45) is 0 Å². The van der Waals surface area contributed by atoms with Crippen LogP contribution >= 0.6 is 0 Å². The minimum absolute atomic E-state index is 0.584. The maximum atomic E-state index is 10.6. The van der Waals surface area contributed by atoms with Crippen molar-refractivity contribution in [2.75, 3.05) is 0 Å². The fraction of sp³-hybridized carbons (Fsp3) is 0. The molecule has 0 spiro atoms. The number of hydrogen-bond donors (Lipinski definition) is 0. The first kappa shape index (κ1) is 6.91. The lowest BCUT2D eigenvalue weighted by atomic mass is 10.1. The predicted molar refractivity (Wildman–Crippen MR) is 44.9 cm³/mol. The van der Waals surface area contributed by atoms with Gasteiger partial charge in [0.05, 0.1) is 0 Å². The summed E-state index contributed by atoms with van der Waals surface area (Å²) >= 11 is 0. The van der Waals surface area contributed by atoms with Crippen LogP contribution in [0.4, 0.5) is 0 Å². The first-order valence-corrected chi connectivity index (χ1v) is 3.55. The molecule has 0 amide bonds. The highest BCUT2D eigenvalue weighted by molar-refractivity contribution is 5.96. The third kappa shape index (κ3) is 0.955. The van der Waals surface area contributed by atoms with Gasteiger partial charge in [0, 0.05) is 41.1 Å². The Kier molecular flexibility index (Phi) is 1.55. The fourth-order valence-corrected chi connectivity index (χ4v) is 1.12. The molecule has 3 nitrogen and oxygen atoms in total. The number of aromatic nitrogens is 2. The van der Waals surface area contributed by atoms with Crippen LogP contribution < -0.4 is 0 Å². The SMILES string of the molecule is O=Cc1cncc2ccncc12. The van der Waals surface area contributed by atoms with Crippen LogP contribution in [0.2, 0.25) is 0 Å². The predicted octanol–water partition coefficient (Wildman–Crippen LogP) is 1.44. The Morgan fingerprint density at radius 2 is 2.08 bits per heavy atom. The molecule has 0 fully saturated rings. The summed E-state index contributed by atoms with van der Waals surface area (Å²) < 4.78 is 0. The Bertz CT molecular complexity index is 420. The van der Waals surface area contributed by atoms with Gasteiger partial charge in [-0.3, -0.25) is 14.8 Å². The van der Waals surface area contributed by atoms with Gasteiger partial charge in [0.2, 0.25) is 0 Å². The summed E-state index contributed by atoms with van der Waals surface area (Å²) in [6, 6.07) is 1.83. The third-order valence-corrected chi connectivity index (χ3v) is 1.72. The van der Waals surface area contributed by atoms with Crippen LogP contribution in [-0.4, -0.2) is 16.3 Å². The zero-order chi connectivity index (χ0) is 8.39. The minimum atomic E-state index is 0.584. The van der Waals surface area contributed by atoms with Gasteiger partial charge in [0.25, 0.3) is 0 Å². The second-order valence-corrected chi connectivity index (χ2v) is 2.44. The molecule has 0 aliphatic heterocycles. The number of hydrogen-bond acceptors (Lipinski definition) is 3. The van der Waals surface area contributed by atoms with Gasteiger partial charge in [-0.25, -0.2) is 0 Å². The maximum absolute atomic E-state index is 10.6. The van der Waals surface area contributed by atoms with Crippen LogP contribution in [0.5, 0.6) is 0 Å². The molecule has 3 heteroatoms. The number of pyridine rings is 2. The summed E-state index contributed by atoms with van der Waals surface area (Å²) in [6.45, 7) is 0. The first-order valence-electron chi connectivity index (χ1n) is 3.55. The normalized spacial score (nSPS) is 10.0. The Labute approximate surface area is 69.1 Å². The lowest BCUT2D eigenvalue weighted by Gasteiger charge is -1.96. The van der Waals surface area contributed by atoms with E-state index in [1.807, 2.05) is 6.07 Å². The van der Waals surface area contributed by atoms with Gasteiger partial charge in [0.1, 0.15) is 0 Å². The van der Waals surface area contributed by atoms with E-state index < -0.39 is 0 Å². The van der Waals surface area contributed by atoms with E-state index in [1.54, 1.807) is 18.6 Å². The summed E-state index contributed by atoms with van der Waals surface area (Å²) in [5, 5.41) is 1.79. The third-order valence-electron chi connectivity index (χ3n) is 1.72. The molecule has 0 aliphatic rings. The molecule has 2 heterocycles. The van der Waals surface area contributed by atoms with E-state index in [0.29, 0.717) is 5.56 Å². The highest BCUT2D eigenvalue weighted by Gasteiger charge is 1.98. The van der Waals surface area contributed by atoms with Crippen LogP contribution in [0, 0.1) is 0 Å². The second kappa shape index (κ2) is 2.70. The highest BCUT2D eigenvalue weighted by atomic mass is 16.1. The molecule has 0 saturated carbocycles. The molecule has 0 radical (unpaired) electrons. The fourth-order valence-electron chi connectivity index (χ4n) is 1.12. The monoisotopic (exact) mass is 158 g/mol. The topological polar surface area (TPSA) is 42.9 Å². The molecule has 0 aliphatic carbocycles. The van der Waals surface area contributed by atoms with Crippen molar-refractivity contribution >= 4 is 17.1 Å².